The van der Waals surface area contributed by atoms with Gasteiger partial charge in [0.15, 0.2) is 11.5 Å². The van der Waals surface area contributed by atoms with Crippen LogP contribution in [0, 0.1) is 0 Å². The molecule has 0 amide bonds. The van der Waals surface area contributed by atoms with Crippen molar-refractivity contribution in [1.29, 1.82) is 0 Å². The highest BCUT2D eigenvalue weighted by molar-refractivity contribution is 5.93. The number of methoxy groups -OCH3 is 2. The molecule has 0 saturated heterocycles. The zero-order valence-electron chi connectivity index (χ0n) is 12.8. The van der Waals surface area contributed by atoms with Gasteiger partial charge in [-0.3, -0.25) is 4.89 Å². The zero-order chi connectivity index (χ0) is 16.5. The predicted octanol–water partition coefficient (Wildman–Crippen LogP) is 2.66. The van der Waals surface area contributed by atoms with Crippen molar-refractivity contribution >= 4 is 12.1 Å². The Labute approximate surface area is 127 Å². The number of ether oxygens (including phenoxy) is 3. The molecule has 0 aliphatic carbocycles. The van der Waals surface area contributed by atoms with E-state index in [0.717, 1.165) is 0 Å². The van der Waals surface area contributed by atoms with Crippen LogP contribution in [0.25, 0.3) is 0 Å². The van der Waals surface area contributed by atoms with Crippen LogP contribution in [0.3, 0.4) is 0 Å². The maximum atomic E-state index is 11.8. The van der Waals surface area contributed by atoms with E-state index in [1.54, 1.807) is 19.1 Å². The fraction of sp³-hybridized carbons (Fsp3) is 0.429. The third-order valence-electron chi connectivity index (χ3n) is 2.71. The molecule has 1 unspecified atom stereocenters. The summed E-state index contributed by atoms with van der Waals surface area (Å²) in [6.45, 7) is 3.50. The van der Waals surface area contributed by atoms with E-state index in [1.807, 2.05) is 6.92 Å². The lowest BCUT2D eigenvalue weighted by Crippen LogP contribution is -2.17. The van der Waals surface area contributed by atoms with E-state index < -0.39 is 12.1 Å². The van der Waals surface area contributed by atoms with E-state index >= 15 is 0 Å². The van der Waals surface area contributed by atoms with Gasteiger partial charge < -0.3 is 14.2 Å². The van der Waals surface area contributed by atoms with Crippen molar-refractivity contribution in [2.75, 3.05) is 14.2 Å². The molecule has 1 aromatic rings. The summed E-state index contributed by atoms with van der Waals surface area (Å²) in [6.07, 6.45) is -0.847. The van der Waals surface area contributed by atoms with Crippen molar-refractivity contribution in [3.63, 3.8) is 0 Å². The lowest BCUT2D eigenvalue weighted by Gasteiger charge is -2.11. The number of carbonyl (C=O) groups is 2. The van der Waals surface area contributed by atoms with Gasteiger partial charge in [0.05, 0.1) is 19.3 Å². The van der Waals surface area contributed by atoms with Crippen LogP contribution in [0.2, 0.25) is 0 Å². The van der Waals surface area contributed by atoms with Gasteiger partial charge in [0, 0.05) is 0 Å². The summed E-state index contributed by atoms with van der Waals surface area (Å²) in [5.74, 6) is -0.415. The minimum atomic E-state index is -1.11. The van der Waals surface area contributed by atoms with Crippen molar-refractivity contribution in [1.82, 2.24) is 0 Å². The number of benzene rings is 1. The third-order valence-corrected chi connectivity index (χ3v) is 2.71. The number of hydrogen-bond donors (Lipinski definition) is 0. The van der Waals surface area contributed by atoms with Crippen molar-refractivity contribution in [3.05, 3.63) is 23.8 Å². The second-order valence-electron chi connectivity index (χ2n) is 4.15. The summed E-state index contributed by atoms with van der Waals surface area (Å²) >= 11 is 0. The molecule has 22 heavy (non-hydrogen) atoms. The molecule has 0 radical (unpaired) electrons. The van der Waals surface area contributed by atoms with E-state index in [9.17, 15) is 9.59 Å². The molecular formula is C14H18O8. The van der Waals surface area contributed by atoms with Gasteiger partial charge in [-0.1, -0.05) is 13.0 Å². The van der Waals surface area contributed by atoms with Crippen LogP contribution in [0.4, 0.5) is 4.79 Å². The molecule has 0 bridgehead atoms. The van der Waals surface area contributed by atoms with Crippen LogP contribution in [-0.4, -0.2) is 32.4 Å². The molecule has 8 nitrogen and oxygen atoms in total. The van der Waals surface area contributed by atoms with Gasteiger partial charge in [-0.15, -0.1) is 0 Å². The second kappa shape index (κ2) is 8.73. The number of para-hydroxylation sites is 1. The molecule has 1 rings (SSSR count). The SMILES string of the molecule is CCC(C)OC(=O)OOOC(=O)c1cccc(OC)c1OC. The topological polar surface area (TPSA) is 89.5 Å². The van der Waals surface area contributed by atoms with Crippen LogP contribution in [0.15, 0.2) is 18.2 Å². The molecule has 0 aliphatic heterocycles. The van der Waals surface area contributed by atoms with E-state index in [4.69, 9.17) is 14.2 Å². The Kier molecular flexibility index (Phi) is 6.97. The average Bonchev–Trinajstić information content (AvgIpc) is 2.53. The lowest BCUT2D eigenvalue weighted by atomic mass is 10.2. The highest BCUT2D eigenvalue weighted by atomic mass is 17.5. The molecule has 0 heterocycles. The van der Waals surface area contributed by atoms with Crippen LogP contribution < -0.4 is 9.47 Å². The summed E-state index contributed by atoms with van der Waals surface area (Å²) in [5, 5.41) is 4.11. The van der Waals surface area contributed by atoms with Crippen molar-refractivity contribution in [3.8, 4) is 11.5 Å². The monoisotopic (exact) mass is 314 g/mol. The van der Waals surface area contributed by atoms with Crippen molar-refractivity contribution in [2.45, 2.75) is 26.4 Å². The molecule has 8 heteroatoms. The lowest BCUT2D eigenvalue weighted by molar-refractivity contribution is -0.452. The van der Waals surface area contributed by atoms with Gasteiger partial charge in [-0.05, 0) is 25.5 Å². The minimum absolute atomic E-state index is 0.0424. The molecule has 0 saturated carbocycles. The highest BCUT2D eigenvalue weighted by Crippen LogP contribution is 2.31. The first-order valence-electron chi connectivity index (χ1n) is 6.50. The van der Waals surface area contributed by atoms with Gasteiger partial charge in [-0.2, -0.15) is 0 Å². The first kappa shape index (κ1) is 17.6. The van der Waals surface area contributed by atoms with Crippen LogP contribution in [0.5, 0.6) is 11.5 Å². The number of rotatable bonds is 7. The number of hydrogen-bond acceptors (Lipinski definition) is 8. The van der Waals surface area contributed by atoms with Crippen LogP contribution in [0.1, 0.15) is 30.6 Å². The van der Waals surface area contributed by atoms with E-state index in [2.05, 4.69) is 14.8 Å². The summed E-state index contributed by atoms with van der Waals surface area (Å²) < 4.78 is 14.9. The van der Waals surface area contributed by atoms with Crippen LogP contribution in [-0.2, 0) is 19.6 Å². The molecule has 122 valence electrons. The zero-order valence-corrected chi connectivity index (χ0v) is 12.8. The number of carbonyl (C=O) groups excluding carboxylic acids is 2. The smallest absolute Gasteiger partial charge is 0.493 e. The molecule has 0 N–H and O–H groups in total. The Morgan fingerprint density at radius 2 is 1.86 bits per heavy atom. The summed E-state index contributed by atoms with van der Waals surface area (Å²) in [7, 11) is 2.80. The van der Waals surface area contributed by atoms with E-state index in [1.165, 1.54) is 20.3 Å². The van der Waals surface area contributed by atoms with Gasteiger partial charge in [0.1, 0.15) is 11.7 Å². The molecular weight excluding hydrogens is 296 g/mol. The molecule has 0 spiro atoms. The molecule has 1 aromatic carbocycles. The summed E-state index contributed by atoms with van der Waals surface area (Å²) in [4.78, 5) is 31.5. The summed E-state index contributed by atoms with van der Waals surface area (Å²) in [6, 6.07) is 4.61. The minimum Gasteiger partial charge on any atom is -0.493 e. The Hall–Kier alpha value is -2.48. The first-order valence-corrected chi connectivity index (χ1v) is 6.50. The second-order valence-corrected chi connectivity index (χ2v) is 4.15. The quantitative estimate of drug-likeness (QED) is 0.431. The first-order chi connectivity index (χ1) is 10.5. The Morgan fingerprint density at radius 1 is 1.14 bits per heavy atom. The highest BCUT2D eigenvalue weighted by Gasteiger charge is 2.20. The molecule has 0 aliphatic rings. The maximum absolute atomic E-state index is 11.8. The largest absolute Gasteiger partial charge is 0.543 e. The van der Waals surface area contributed by atoms with E-state index in [-0.39, 0.29) is 17.4 Å². The fourth-order valence-corrected chi connectivity index (χ4v) is 1.44. The van der Waals surface area contributed by atoms with Gasteiger partial charge in [0.25, 0.3) is 0 Å². The molecule has 0 aromatic heterocycles. The Balaban J connectivity index is 2.58. The predicted molar refractivity (Wildman–Crippen MR) is 73.4 cm³/mol. The van der Waals surface area contributed by atoms with Crippen molar-refractivity contribution in [2.24, 2.45) is 0 Å². The molecule has 1 atom stereocenters. The van der Waals surface area contributed by atoms with Gasteiger partial charge in [0.2, 0.25) is 0 Å². The van der Waals surface area contributed by atoms with Gasteiger partial charge >= 0.3 is 12.1 Å². The Morgan fingerprint density at radius 3 is 2.45 bits per heavy atom. The maximum Gasteiger partial charge on any atom is 0.543 e. The Bertz CT molecular complexity index is 514. The van der Waals surface area contributed by atoms with Crippen LogP contribution >= 0.6 is 0 Å². The van der Waals surface area contributed by atoms with E-state index in [0.29, 0.717) is 12.2 Å². The molecule has 0 fully saturated rings. The summed E-state index contributed by atoms with van der Waals surface area (Å²) in [5.41, 5.74) is 0.0424. The van der Waals surface area contributed by atoms with Gasteiger partial charge in [-0.25, -0.2) is 14.5 Å². The standard InChI is InChI=1S/C14H18O8/c1-5-9(2)19-14(16)21-22-20-13(15)10-7-6-8-11(17-3)12(10)18-4/h6-9H,5H2,1-4H3. The van der Waals surface area contributed by atoms with Crippen molar-refractivity contribution < 1.29 is 38.6 Å². The third kappa shape index (κ3) is 4.81. The average molecular weight is 314 g/mol. The normalized spacial score (nSPS) is 11.3. The fourth-order valence-electron chi connectivity index (χ4n) is 1.44.